The van der Waals surface area contributed by atoms with Crippen molar-refractivity contribution in [3.8, 4) is 0 Å². The lowest BCUT2D eigenvalue weighted by atomic mass is 10.1. The monoisotopic (exact) mass is 495 g/mol. The maximum Gasteiger partial charge on any atom is 0.338 e. The van der Waals surface area contributed by atoms with E-state index in [1.54, 1.807) is 24.3 Å². The number of halogens is 1. The number of benzene rings is 2. The van der Waals surface area contributed by atoms with Crippen LogP contribution in [0, 0.1) is 6.92 Å². The number of aryl methyl sites for hydroxylation is 1. The molecule has 0 N–H and O–H groups in total. The van der Waals surface area contributed by atoms with Crippen LogP contribution in [0.2, 0.25) is 0 Å². The summed E-state index contributed by atoms with van der Waals surface area (Å²) in [4.78, 5) is 25.1. The highest BCUT2D eigenvalue weighted by Crippen LogP contribution is 2.27. The summed E-state index contributed by atoms with van der Waals surface area (Å²) in [7, 11) is -3.81. The Kier molecular flexibility index (Phi) is 7.07. The van der Waals surface area contributed by atoms with E-state index in [2.05, 4.69) is 15.9 Å². The Labute approximate surface area is 184 Å². The number of nitrogens with zero attached hydrogens (tertiary/aromatic N) is 1. The van der Waals surface area contributed by atoms with Gasteiger partial charge in [0.2, 0.25) is 15.8 Å². The average Bonchev–Trinajstić information content (AvgIpc) is 2.74. The normalized spacial score (nSPS) is 16.1. The molecule has 1 aliphatic heterocycles. The average molecular weight is 496 g/mol. The molecular weight excluding hydrogens is 474 g/mol. The Morgan fingerprint density at radius 1 is 1.07 bits per heavy atom. The molecule has 0 radical (unpaired) electrons. The van der Waals surface area contributed by atoms with Gasteiger partial charge in [-0.05, 0) is 48.0 Å². The molecule has 160 valence electrons. The van der Waals surface area contributed by atoms with E-state index in [-0.39, 0.29) is 29.3 Å². The minimum Gasteiger partial charge on any atom is -0.451 e. The van der Waals surface area contributed by atoms with Crippen molar-refractivity contribution in [3.05, 3.63) is 63.6 Å². The number of ketones is 1. The fraction of sp³-hybridized carbons (Fsp3) is 0.333. The smallest absolute Gasteiger partial charge is 0.338 e. The first-order valence-corrected chi connectivity index (χ1v) is 11.6. The molecule has 1 heterocycles. The van der Waals surface area contributed by atoms with Gasteiger partial charge in [-0.1, -0.05) is 29.8 Å². The number of carbonyl (C=O) groups excluding carboxylic acids is 2. The number of hydrogen-bond acceptors (Lipinski definition) is 6. The molecule has 1 aliphatic rings. The minimum atomic E-state index is -3.81. The van der Waals surface area contributed by atoms with Gasteiger partial charge in [0.1, 0.15) is 0 Å². The second-order valence-corrected chi connectivity index (χ2v) is 9.70. The third kappa shape index (κ3) is 4.97. The first-order valence-electron chi connectivity index (χ1n) is 9.39. The Balaban J connectivity index is 1.78. The van der Waals surface area contributed by atoms with Gasteiger partial charge in [-0.25, -0.2) is 13.2 Å². The van der Waals surface area contributed by atoms with E-state index in [0.29, 0.717) is 23.2 Å². The van der Waals surface area contributed by atoms with Gasteiger partial charge in [0.25, 0.3) is 0 Å². The number of ether oxygens (including phenoxy) is 2. The van der Waals surface area contributed by atoms with Crippen molar-refractivity contribution in [2.75, 3.05) is 26.3 Å². The lowest BCUT2D eigenvalue weighted by Crippen LogP contribution is -2.40. The van der Waals surface area contributed by atoms with Crippen LogP contribution in [0.1, 0.15) is 33.2 Å². The summed E-state index contributed by atoms with van der Waals surface area (Å²) in [5, 5.41) is 0. The molecule has 7 nitrogen and oxygen atoms in total. The summed E-state index contributed by atoms with van der Waals surface area (Å²) >= 11 is 3.25. The Bertz CT molecular complexity index is 1050. The summed E-state index contributed by atoms with van der Waals surface area (Å²) in [5.74, 6) is -1.10. The van der Waals surface area contributed by atoms with Gasteiger partial charge in [0.05, 0.1) is 23.7 Å². The molecule has 2 aromatic carbocycles. The van der Waals surface area contributed by atoms with Crippen LogP contribution in [-0.2, 0) is 19.5 Å². The van der Waals surface area contributed by atoms with E-state index in [9.17, 15) is 18.0 Å². The molecular formula is C21H22BrNO6S. The van der Waals surface area contributed by atoms with Gasteiger partial charge in [-0.15, -0.1) is 0 Å². The molecule has 2 aromatic rings. The highest BCUT2D eigenvalue weighted by molar-refractivity contribution is 9.10. The molecule has 1 saturated heterocycles. The highest BCUT2D eigenvalue weighted by atomic mass is 79.9. The Morgan fingerprint density at radius 2 is 1.67 bits per heavy atom. The van der Waals surface area contributed by atoms with Crippen LogP contribution >= 0.6 is 15.9 Å². The van der Waals surface area contributed by atoms with Crippen molar-refractivity contribution in [3.63, 3.8) is 0 Å². The summed E-state index contributed by atoms with van der Waals surface area (Å²) in [6.07, 6.45) is -1.01. The SMILES string of the molecule is Cc1ccc(C(=O)C(C)OC(=O)c2ccc(Br)c(S(=O)(=O)N3CCOCC3)c2)cc1. The van der Waals surface area contributed by atoms with Gasteiger partial charge >= 0.3 is 5.97 Å². The number of morpholine rings is 1. The molecule has 0 aliphatic carbocycles. The van der Waals surface area contributed by atoms with Gasteiger partial charge in [0, 0.05) is 23.1 Å². The molecule has 0 amide bonds. The van der Waals surface area contributed by atoms with Crippen molar-refractivity contribution in [1.82, 2.24) is 4.31 Å². The van der Waals surface area contributed by atoms with Crippen LogP contribution in [-0.4, -0.2) is 56.9 Å². The van der Waals surface area contributed by atoms with Crippen molar-refractivity contribution in [2.45, 2.75) is 24.8 Å². The molecule has 0 saturated carbocycles. The van der Waals surface area contributed by atoms with Crippen LogP contribution in [0.15, 0.2) is 51.8 Å². The third-order valence-electron chi connectivity index (χ3n) is 4.74. The van der Waals surface area contributed by atoms with Crippen LogP contribution in [0.4, 0.5) is 0 Å². The summed E-state index contributed by atoms with van der Waals surface area (Å²) in [6, 6.07) is 11.2. The van der Waals surface area contributed by atoms with Crippen molar-refractivity contribution >= 4 is 37.7 Å². The van der Waals surface area contributed by atoms with E-state index in [0.717, 1.165) is 5.56 Å². The predicted molar refractivity (Wildman–Crippen MR) is 114 cm³/mol. The first kappa shape index (κ1) is 22.6. The minimum absolute atomic E-state index is 0.0311. The summed E-state index contributed by atoms with van der Waals surface area (Å²) in [5.41, 5.74) is 1.50. The molecule has 3 rings (SSSR count). The molecule has 1 unspecified atom stereocenters. The zero-order valence-electron chi connectivity index (χ0n) is 16.6. The second kappa shape index (κ2) is 9.38. The molecule has 0 aromatic heterocycles. The maximum atomic E-state index is 13.0. The largest absolute Gasteiger partial charge is 0.451 e. The molecule has 9 heteroatoms. The van der Waals surface area contributed by atoms with Crippen molar-refractivity contribution in [2.24, 2.45) is 0 Å². The summed E-state index contributed by atoms with van der Waals surface area (Å²) < 4.78 is 38.1. The first-order chi connectivity index (χ1) is 14.2. The topological polar surface area (TPSA) is 90.0 Å². The number of hydrogen-bond donors (Lipinski definition) is 0. The lowest BCUT2D eigenvalue weighted by molar-refractivity contribution is 0.0318. The van der Waals surface area contributed by atoms with E-state index >= 15 is 0 Å². The van der Waals surface area contributed by atoms with Crippen molar-refractivity contribution in [1.29, 1.82) is 0 Å². The Hall–Kier alpha value is -2.07. The number of Topliss-reactive ketones (excluding diaryl/α,β-unsaturated/α-hetero) is 1. The quantitative estimate of drug-likeness (QED) is 0.451. The molecule has 1 fully saturated rings. The van der Waals surface area contributed by atoms with E-state index in [4.69, 9.17) is 9.47 Å². The van der Waals surface area contributed by atoms with Gasteiger partial charge in [0.15, 0.2) is 6.10 Å². The highest BCUT2D eigenvalue weighted by Gasteiger charge is 2.29. The summed E-state index contributed by atoms with van der Waals surface area (Å²) in [6.45, 7) is 4.52. The maximum absolute atomic E-state index is 13.0. The van der Waals surface area contributed by atoms with Gasteiger partial charge in [-0.3, -0.25) is 4.79 Å². The zero-order valence-corrected chi connectivity index (χ0v) is 19.0. The number of rotatable bonds is 6. The van der Waals surface area contributed by atoms with Crippen LogP contribution < -0.4 is 0 Å². The van der Waals surface area contributed by atoms with Gasteiger partial charge < -0.3 is 9.47 Å². The second-order valence-electron chi connectivity index (χ2n) is 6.94. The number of carbonyl (C=O) groups is 2. The van der Waals surface area contributed by atoms with Crippen molar-refractivity contribution < 1.29 is 27.5 Å². The standard InChI is InChI=1S/C21H22BrNO6S/c1-14-3-5-16(6-4-14)20(24)15(2)29-21(25)17-7-8-18(22)19(13-17)30(26,27)23-9-11-28-12-10-23/h3-8,13,15H,9-12H2,1-2H3. The van der Waals surface area contributed by atoms with Crippen LogP contribution in [0.3, 0.4) is 0 Å². The number of esters is 1. The number of sulfonamides is 1. The Morgan fingerprint density at radius 3 is 2.30 bits per heavy atom. The van der Waals surface area contributed by atoms with E-state index < -0.39 is 22.1 Å². The molecule has 30 heavy (non-hydrogen) atoms. The van der Waals surface area contributed by atoms with Crippen LogP contribution in [0.5, 0.6) is 0 Å². The third-order valence-corrected chi connectivity index (χ3v) is 7.64. The molecule has 1 atom stereocenters. The fourth-order valence-electron chi connectivity index (χ4n) is 2.99. The zero-order chi connectivity index (χ0) is 21.9. The van der Waals surface area contributed by atoms with Gasteiger partial charge in [-0.2, -0.15) is 4.31 Å². The predicted octanol–water partition coefficient (Wildman–Crippen LogP) is 3.21. The van der Waals surface area contributed by atoms with E-state index in [1.165, 1.54) is 29.4 Å². The lowest BCUT2D eigenvalue weighted by Gasteiger charge is -2.26. The molecule has 0 bridgehead atoms. The van der Waals surface area contributed by atoms with E-state index in [1.807, 2.05) is 6.92 Å². The fourth-order valence-corrected chi connectivity index (χ4v) is 5.35. The molecule has 0 spiro atoms. The van der Waals surface area contributed by atoms with Crippen LogP contribution in [0.25, 0.3) is 0 Å².